The molecule has 0 unspecified atom stereocenters. The molecule has 0 atom stereocenters. The van der Waals surface area contributed by atoms with Gasteiger partial charge in [0, 0.05) is 42.8 Å². The first-order chi connectivity index (χ1) is 15.1. The Morgan fingerprint density at radius 1 is 0.844 bits per heavy atom. The van der Waals surface area contributed by atoms with Gasteiger partial charge in [-0.15, -0.1) is 47.2 Å². The van der Waals surface area contributed by atoms with E-state index in [1.54, 1.807) is 25.3 Å². The Morgan fingerprint density at radius 2 is 1.44 bits per heavy atom. The van der Waals surface area contributed by atoms with Crippen molar-refractivity contribution in [2.24, 2.45) is 0 Å². The second-order valence-electron chi connectivity index (χ2n) is 6.41. The smallest absolute Gasteiger partial charge is 0.235 e. The highest BCUT2D eigenvalue weighted by atomic mass is 35.5. The predicted octanol–water partition coefficient (Wildman–Crippen LogP) is 5.90. The molecule has 2 aromatic carbocycles. The molecule has 0 bridgehead atoms. The molecule has 0 aliphatic carbocycles. The van der Waals surface area contributed by atoms with Crippen molar-refractivity contribution in [3.63, 3.8) is 0 Å². The molecule has 1 aromatic heterocycles. The van der Waals surface area contributed by atoms with E-state index in [1.807, 2.05) is 30.3 Å². The van der Waals surface area contributed by atoms with Crippen LogP contribution in [0.25, 0.3) is 22.3 Å². The lowest BCUT2D eigenvalue weighted by molar-refractivity contribution is 0.327. The van der Waals surface area contributed by atoms with Gasteiger partial charge in [0.15, 0.2) is 17.1 Å². The molecule has 0 spiro atoms. The predicted molar refractivity (Wildman–Crippen MR) is 137 cm³/mol. The second-order valence-corrected chi connectivity index (χ2v) is 7.54. The van der Waals surface area contributed by atoms with E-state index in [4.69, 9.17) is 48.7 Å². The van der Waals surface area contributed by atoms with Gasteiger partial charge < -0.3 is 13.9 Å². The van der Waals surface area contributed by atoms with Crippen molar-refractivity contribution < 1.29 is 13.9 Å². The Kier molecular flexibility index (Phi) is 13.5. The summed E-state index contributed by atoms with van der Waals surface area (Å²) in [6.07, 6.45) is 0. The van der Waals surface area contributed by atoms with Crippen LogP contribution in [0.3, 0.4) is 0 Å². The summed E-state index contributed by atoms with van der Waals surface area (Å²) in [5.41, 5.74) is 0.986. The van der Waals surface area contributed by atoms with E-state index < -0.39 is 0 Å². The average Bonchev–Trinajstić information content (AvgIpc) is 2.80. The van der Waals surface area contributed by atoms with Gasteiger partial charge in [-0.05, 0) is 12.1 Å². The fourth-order valence-corrected chi connectivity index (χ4v) is 3.71. The van der Waals surface area contributed by atoms with E-state index in [2.05, 4.69) is 4.90 Å². The molecular formula is C23H27Cl4NO4. The van der Waals surface area contributed by atoms with Crippen LogP contribution in [0.4, 0.5) is 0 Å². The van der Waals surface area contributed by atoms with Crippen molar-refractivity contribution in [3.05, 3.63) is 58.8 Å². The van der Waals surface area contributed by atoms with Crippen molar-refractivity contribution in [1.29, 1.82) is 0 Å². The fourth-order valence-electron chi connectivity index (χ4n) is 2.99. The van der Waals surface area contributed by atoms with Crippen LogP contribution in [0.5, 0.6) is 11.5 Å². The Labute approximate surface area is 209 Å². The van der Waals surface area contributed by atoms with E-state index in [-0.39, 0.29) is 23.6 Å². The van der Waals surface area contributed by atoms with E-state index in [9.17, 15) is 4.79 Å². The van der Waals surface area contributed by atoms with Crippen LogP contribution in [0.2, 0.25) is 0 Å². The number of fused-ring (bicyclic) bond motifs is 1. The van der Waals surface area contributed by atoms with Gasteiger partial charge in [-0.2, -0.15) is 0 Å². The fraction of sp³-hybridized carbons (Fsp3) is 0.348. The number of hydrogen-bond acceptors (Lipinski definition) is 5. The van der Waals surface area contributed by atoms with Crippen molar-refractivity contribution in [1.82, 2.24) is 4.90 Å². The van der Waals surface area contributed by atoms with E-state index in [1.165, 1.54) is 7.11 Å². The maximum absolute atomic E-state index is 12.6. The normalized spacial score (nSPS) is 10.3. The summed E-state index contributed by atoms with van der Waals surface area (Å²) < 4.78 is 16.5. The molecule has 0 aliphatic rings. The first-order valence-corrected chi connectivity index (χ1v) is 11.3. The molecule has 0 saturated heterocycles. The van der Waals surface area contributed by atoms with Gasteiger partial charge in [0.05, 0.1) is 19.6 Å². The van der Waals surface area contributed by atoms with Gasteiger partial charge in [0.25, 0.3) is 0 Å². The Morgan fingerprint density at radius 3 is 1.94 bits per heavy atom. The van der Waals surface area contributed by atoms with E-state index >= 15 is 0 Å². The molecule has 0 aliphatic heterocycles. The quantitative estimate of drug-likeness (QED) is 0.327. The molecule has 0 N–H and O–H groups in total. The number of hydrogen-bond donors (Lipinski definition) is 0. The molecule has 176 valence electrons. The minimum absolute atomic E-state index is 0. The van der Waals surface area contributed by atoms with Crippen molar-refractivity contribution >= 4 is 58.2 Å². The number of benzene rings is 2. The monoisotopic (exact) mass is 521 g/mol. The lowest BCUT2D eigenvalue weighted by atomic mass is 10.1. The van der Waals surface area contributed by atoms with E-state index in [0.29, 0.717) is 40.1 Å². The highest BCUT2D eigenvalue weighted by Gasteiger charge is 2.18. The van der Waals surface area contributed by atoms with Crippen LogP contribution >= 0.6 is 47.2 Å². The van der Waals surface area contributed by atoms with Gasteiger partial charge in [0.1, 0.15) is 0 Å². The Balaban J connectivity index is 0.000000400. The minimum Gasteiger partial charge on any atom is -0.493 e. The number of halogens is 4. The molecule has 1 heterocycles. The molecule has 0 amide bonds. The Bertz CT molecular complexity index is 984. The molecule has 9 heteroatoms. The number of nitrogens with zero attached hydrogens (tertiary/aromatic N) is 1. The average molecular weight is 523 g/mol. The summed E-state index contributed by atoms with van der Waals surface area (Å²) in [5, 5.41) is 0.436. The largest absolute Gasteiger partial charge is 0.493 e. The summed E-state index contributed by atoms with van der Waals surface area (Å²) in [7, 11) is 3.01. The Hall–Kier alpha value is -1.63. The molecule has 5 nitrogen and oxygen atoms in total. The zero-order valence-electron chi connectivity index (χ0n) is 18.0. The molecule has 3 rings (SSSR count). The van der Waals surface area contributed by atoms with Crippen LogP contribution < -0.4 is 14.9 Å². The summed E-state index contributed by atoms with van der Waals surface area (Å²) in [6.45, 7) is 2.63. The zero-order valence-corrected chi connectivity index (χ0v) is 21.1. The molecule has 0 radical (unpaired) electrons. The molecule has 0 fully saturated rings. The van der Waals surface area contributed by atoms with Crippen LogP contribution in [-0.4, -0.2) is 56.4 Å². The number of para-hydroxylation sites is 1. The number of methoxy groups -OCH3 is 2. The summed E-state index contributed by atoms with van der Waals surface area (Å²) in [4.78, 5) is 14.7. The van der Waals surface area contributed by atoms with Gasteiger partial charge in [-0.25, -0.2) is 0 Å². The molecule has 3 aromatic rings. The number of ether oxygens (including phenoxy) is 2. The van der Waals surface area contributed by atoms with Gasteiger partial charge in [-0.3, -0.25) is 9.69 Å². The van der Waals surface area contributed by atoms with Gasteiger partial charge in [-0.1, -0.05) is 36.4 Å². The first kappa shape index (κ1) is 28.4. The van der Waals surface area contributed by atoms with Crippen molar-refractivity contribution in [2.75, 3.05) is 51.5 Å². The van der Waals surface area contributed by atoms with E-state index in [0.717, 1.165) is 25.2 Å². The molecular weight excluding hydrogens is 496 g/mol. The standard InChI is InChI=1S/C17H14O4.C6H12Cl3N.ClH/c1-19-13-10-6-9-12-14(18)17(20-2)15(21-16(12)13)11-7-4-3-5-8-11;7-1-4-10(5-2-8)6-3-9;/h3-10H,1-2H3;1-6H2;1H. The first-order valence-electron chi connectivity index (χ1n) is 9.74. The third-order valence-corrected chi connectivity index (χ3v) is 5.01. The van der Waals surface area contributed by atoms with Crippen LogP contribution in [0, 0.1) is 0 Å². The van der Waals surface area contributed by atoms with Crippen LogP contribution in [0.15, 0.2) is 57.7 Å². The summed E-state index contributed by atoms with van der Waals surface area (Å²) in [6, 6.07) is 14.6. The van der Waals surface area contributed by atoms with Crippen LogP contribution in [0.1, 0.15) is 0 Å². The SMILES string of the molecule is COc1c(-c2ccccc2)oc2c(OC)cccc2c1=O.Cl.ClCCN(CCCl)CCCl. The summed E-state index contributed by atoms with van der Waals surface area (Å²) >= 11 is 16.6. The van der Waals surface area contributed by atoms with Crippen LogP contribution in [-0.2, 0) is 0 Å². The lowest BCUT2D eigenvalue weighted by Crippen LogP contribution is -2.29. The topological polar surface area (TPSA) is 51.9 Å². The third kappa shape index (κ3) is 7.46. The third-order valence-electron chi connectivity index (χ3n) is 4.50. The highest BCUT2D eigenvalue weighted by molar-refractivity contribution is 6.18. The molecule has 0 saturated carbocycles. The number of alkyl halides is 3. The highest BCUT2D eigenvalue weighted by Crippen LogP contribution is 2.33. The second kappa shape index (κ2) is 15.3. The zero-order chi connectivity index (χ0) is 22.6. The van der Waals surface area contributed by atoms with Gasteiger partial charge in [0.2, 0.25) is 11.2 Å². The maximum atomic E-state index is 12.6. The van der Waals surface area contributed by atoms with Gasteiger partial charge >= 0.3 is 0 Å². The van der Waals surface area contributed by atoms with Crippen molar-refractivity contribution in [3.8, 4) is 22.8 Å². The van der Waals surface area contributed by atoms with Crippen molar-refractivity contribution in [2.45, 2.75) is 0 Å². The molecule has 32 heavy (non-hydrogen) atoms. The lowest BCUT2D eigenvalue weighted by Gasteiger charge is -2.17. The summed E-state index contributed by atoms with van der Waals surface area (Å²) in [5.74, 6) is 3.06. The minimum atomic E-state index is -0.212. The maximum Gasteiger partial charge on any atom is 0.235 e. The number of rotatable bonds is 9.